The minimum absolute atomic E-state index is 0.111. The van der Waals surface area contributed by atoms with E-state index in [4.69, 9.17) is 16.3 Å². The van der Waals surface area contributed by atoms with Gasteiger partial charge >= 0.3 is 6.03 Å². The van der Waals surface area contributed by atoms with Crippen molar-refractivity contribution in [1.82, 2.24) is 29.3 Å². The summed E-state index contributed by atoms with van der Waals surface area (Å²) in [6.07, 6.45) is 4.73. The number of anilines is 1. The lowest BCUT2D eigenvalue weighted by molar-refractivity contribution is -0.000196. The van der Waals surface area contributed by atoms with Crippen molar-refractivity contribution in [3.05, 3.63) is 41.1 Å². The number of aryl methyl sites for hydroxylation is 2. The van der Waals surface area contributed by atoms with E-state index in [1.54, 1.807) is 42.0 Å². The van der Waals surface area contributed by atoms with Gasteiger partial charge in [0.15, 0.2) is 0 Å². The van der Waals surface area contributed by atoms with E-state index in [-0.39, 0.29) is 17.5 Å². The zero-order valence-electron chi connectivity index (χ0n) is 18.6. The van der Waals surface area contributed by atoms with E-state index in [1.165, 1.54) is 6.33 Å². The predicted octanol–water partition coefficient (Wildman–Crippen LogP) is 2.86. The maximum atomic E-state index is 13.2. The van der Waals surface area contributed by atoms with Gasteiger partial charge in [-0.15, -0.1) is 0 Å². The number of aromatic nitrogens is 4. The molecule has 3 aromatic heterocycles. The number of hydrogen-bond donors (Lipinski definition) is 1. The fraction of sp³-hybridized carbons (Fsp3) is 0.409. The van der Waals surface area contributed by atoms with Crippen LogP contribution in [-0.4, -0.2) is 73.5 Å². The molecule has 1 N–H and O–H groups in total. The summed E-state index contributed by atoms with van der Waals surface area (Å²) >= 11 is 6.17. The first-order chi connectivity index (χ1) is 15.8. The lowest BCUT2D eigenvalue weighted by Gasteiger charge is -2.52. The van der Waals surface area contributed by atoms with E-state index in [0.29, 0.717) is 53.1 Å². The van der Waals surface area contributed by atoms with Crippen LogP contribution in [-0.2, 0) is 7.05 Å². The highest BCUT2D eigenvalue weighted by molar-refractivity contribution is 6.34. The zero-order valence-corrected chi connectivity index (χ0v) is 19.4. The number of nitrogens with zero attached hydrogens (tertiary/aromatic N) is 6. The molecule has 0 unspecified atom stereocenters. The molecule has 0 saturated carbocycles. The van der Waals surface area contributed by atoms with Crippen molar-refractivity contribution in [3.8, 4) is 5.88 Å². The number of carbonyl (C=O) groups excluding carboxylic acids is 2. The summed E-state index contributed by atoms with van der Waals surface area (Å²) in [5, 5.41) is 3.93. The van der Waals surface area contributed by atoms with Crippen LogP contribution in [0.4, 0.5) is 10.5 Å². The number of nitrogens with one attached hydrogen (secondary N) is 1. The Balaban J connectivity index is 1.30. The monoisotopic (exact) mass is 469 g/mol. The topological polar surface area (TPSA) is 105 Å². The van der Waals surface area contributed by atoms with Crippen molar-refractivity contribution in [2.24, 2.45) is 7.05 Å². The van der Waals surface area contributed by atoms with Crippen LogP contribution in [0.1, 0.15) is 28.9 Å². The number of ether oxygens (including phenoxy) is 1. The molecule has 0 radical (unpaired) electrons. The number of amides is 3. The highest BCUT2D eigenvalue weighted by atomic mass is 35.5. The second-order valence-electron chi connectivity index (χ2n) is 8.60. The van der Waals surface area contributed by atoms with Crippen LogP contribution < -0.4 is 10.1 Å². The van der Waals surface area contributed by atoms with E-state index in [1.807, 2.05) is 11.8 Å². The van der Waals surface area contributed by atoms with Gasteiger partial charge in [0.1, 0.15) is 22.8 Å². The van der Waals surface area contributed by atoms with Crippen molar-refractivity contribution in [2.75, 3.05) is 32.1 Å². The molecule has 5 rings (SSSR count). The molecule has 3 aromatic rings. The maximum Gasteiger partial charge on any atom is 0.322 e. The Labute approximate surface area is 195 Å². The first-order valence-electron chi connectivity index (χ1n) is 10.7. The molecule has 0 atom stereocenters. The number of fused-ring (bicyclic) bond motifs is 1. The van der Waals surface area contributed by atoms with E-state index >= 15 is 0 Å². The molecule has 0 aromatic carbocycles. The van der Waals surface area contributed by atoms with Crippen LogP contribution in [0.5, 0.6) is 5.88 Å². The van der Waals surface area contributed by atoms with Crippen LogP contribution >= 0.6 is 11.6 Å². The molecule has 2 aliphatic heterocycles. The molecule has 2 saturated heterocycles. The lowest BCUT2D eigenvalue weighted by atomic mass is 9.86. The summed E-state index contributed by atoms with van der Waals surface area (Å²) in [4.78, 5) is 42.3. The molecule has 2 fully saturated rings. The molecule has 172 valence electrons. The molecular weight excluding hydrogens is 446 g/mol. The minimum Gasteiger partial charge on any atom is -0.481 e. The standard InChI is InChI=1S/C22H24ClN7O3/c1-13-7-17(33-3)24-9-15(13)27-21(32)30-6-4-5-22(30)10-29(11-22)20(31)16-8-14-18(23)25-12-26-19(14)28(16)2/h7-9,12H,4-6,10-11H2,1-3H3,(H,27,32). The van der Waals surface area contributed by atoms with Gasteiger partial charge < -0.3 is 24.4 Å². The second-order valence-corrected chi connectivity index (χ2v) is 8.96. The molecular formula is C22H24ClN7O3. The van der Waals surface area contributed by atoms with E-state index in [0.717, 1.165) is 18.4 Å². The van der Waals surface area contributed by atoms with Crippen LogP contribution in [0.2, 0.25) is 5.15 Å². The van der Waals surface area contributed by atoms with Gasteiger partial charge in [-0.05, 0) is 31.4 Å². The predicted molar refractivity (Wildman–Crippen MR) is 123 cm³/mol. The van der Waals surface area contributed by atoms with Gasteiger partial charge in [-0.2, -0.15) is 0 Å². The van der Waals surface area contributed by atoms with Gasteiger partial charge in [-0.3, -0.25) is 4.79 Å². The largest absolute Gasteiger partial charge is 0.481 e. The minimum atomic E-state index is -0.352. The summed E-state index contributed by atoms with van der Waals surface area (Å²) in [6.45, 7) is 3.51. The lowest BCUT2D eigenvalue weighted by Crippen LogP contribution is -2.70. The number of rotatable bonds is 3. The van der Waals surface area contributed by atoms with Gasteiger partial charge in [-0.25, -0.2) is 19.7 Å². The second kappa shape index (κ2) is 7.87. The van der Waals surface area contributed by atoms with Gasteiger partial charge in [0, 0.05) is 32.7 Å². The van der Waals surface area contributed by atoms with E-state index in [9.17, 15) is 9.59 Å². The highest BCUT2D eigenvalue weighted by Crippen LogP contribution is 2.39. The van der Waals surface area contributed by atoms with Crippen LogP contribution in [0.3, 0.4) is 0 Å². The number of urea groups is 1. The molecule has 33 heavy (non-hydrogen) atoms. The summed E-state index contributed by atoms with van der Waals surface area (Å²) < 4.78 is 6.86. The average molecular weight is 470 g/mol. The maximum absolute atomic E-state index is 13.2. The summed E-state index contributed by atoms with van der Waals surface area (Å²) in [6, 6.07) is 3.32. The zero-order chi connectivity index (χ0) is 23.3. The molecule has 0 bridgehead atoms. The van der Waals surface area contributed by atoms with Crippen molar-refractivity contribution in [3.63, 3.8) is 0 Å². The Hall–Kier alpha value is -3.40. The Kier molecular flexibility index (Phi) is 5.12. The molecule has 0 aliphatic carbocycles. The first kappa shape index (κ1) is 21.4. The molecule has 5 heterocycles. The van der Waals surface area contributed by atoms with Gasteiger partial charge in [-0.1, -0.05) is 11.6 Å². The Morgan fingerprint density at radius 1 is 1.21 bits per heavy atom. The van der Waals surface area contributed by atoms with Crippen molar-refractivity contribution >= 4 is 40.3 Å². The number of hydrogen-bond acceptors (Lipinski definition) is 6. The molecule has 3 amide bonds. The summed E-state index contributed by atoms with van der Waals surface area (Å²) in [7, 11) is 3.34. The van der Waals surface area contributed by atoms with Crippen molar-refractivity contribution in [1.29, 1.82) is 0 Å². The highest BCUT2D eigenvalue weighted by Gasteiger charge is 2.54. The molecule has 2 aliphatic rings. The fourth-order valence-electron chi connectivity index (χ4n) is 4.82. The molecule has 11 heteroatoms. The average Bonchev–Trinajstić information content (AvgIpc) is 3.37. The number of carbonyl (C=O) groups is 2. The third-order valence-electron chi connectivity index (χ3n) is 6.63. The first-order valence-corrected chi connectivity index (χ1v) is 11.1. The smallest absolute Gasteiger partial charge is 0.322 e. The molecule has 10 nitrogen and oxygen atoms in total. The Morgan fingerprint density at radius 2 is 2.00 bits per heavy atom. The number of likely N-dealkylation sites (tertiary alicyclic amines) is 2. The van der Waals surface area contributed by atoms with Gasteiger partial charge in [0.25, 0.3) is 5.91 Å². The Bertz CT molecular complexity index is 1270. The van der Waals surface area contributed by atoms with E-state index < -0.39 is 0 Å². The third kappa shape index (κ3) is 3.45. The van der Waals surface area contributed by atoms with Crippen LogP contribution in [0.15, 0.2) is 24.7 Å². The summed E-state index contributed by atoms with van der Waals surface area (Å²) in [5.41, 5.74) is 2.26. The van der Waals surface area contributed by atoms with E-state index in [2.05, 4.69) is 20.3 Å². The van der Waals surface area contributed by atoms with Crippen LogP contribution in [0.25, 0.3) is 11.0 Å². The third-order valence-corrected chi connectivity index (χ3v) is 6.93. The number of halogens is 1. The number of pyridine rings is 1. The number of methoxy groups -OCH3 is 1. The SMILES string of the molecule is COc1cc(C)c(NC(=O)N2CCCC23CN(C(=O)c2cc4c(Cl)ncnc4n2C)C3)cn1. The molecule has 1 spiro atoms. The summed E-state index contributed by atoms with van der Waals surface area (Å²) in [5.74, 6) is 0.386. The normalized spacial score (nSPS) is 16.8. The van der Waals surface area contributed by atoms with Gasteiger partial charge in [0.05, 0.1) is 29.9 Å². The fourth-order valence-corrected chi connectivity index (χ4v) is 5.00. The Morgan fingerprint density at radius 3 is 2.70 bits per heavy atom. The quantitative estimate of drug-likeness (QED) is 0.591. The van der Waals surface area contributed by atoms with Crippen molar-refractivity contribution < 1.29 is 14.3 Å². The van der Waals surface area contributed by atoms with Crippen molar-refractivity contribution in [2.45, 2.75) is 25.3 Å². The van der Waals surface area contributed by atoms with Gasteiger partial charge in [0.2, 0.25) is 5.88 Å². The van der Waals surface area contributed by atoms with Crippen LogP contribution in [0, 0.1) is 6.92 Å².